The molecule has 0 atom stereocenters. The number of alkyl halides is 3. The molecule has 1 saturated carbocycles. The van der Waals surface area contributed by atoms with Gasteiger partial charge < -0.3 is 4.90 Å². The molecule has 0 spiro atoms. The lowest BCUT2D eigenvalue weighted by Gasteiger charge is -2.38. The highest BCUT2D eigenvalue weighted by molar-refractivity contribution is 7.89. The lowest BCUT2D eigenvalue weighted by Crippen LogP contribution is -2.48. The van der Waals surface area contributed by atoms with Crippen LogP contribution in [0.2, 0.25) is 0 Å². The van der Waals surface area contributed by atoms with Crippen molar-refractivity contribution in [3.63, 3.8) is 0 Å². The Labute approximate surface area is 158 Å². The lowest BCUT2D eigenvalue weighted by molar-refractivity contribution is -0.139. The fourth-order valence-corrected chi connectivity index (χ4v) is 4.85. The summed E-state index contributed by atoms with van der Waals surface area (Å²) in [6, 6.07) is 3.27. The van der Waals surface area contributed by atoms with E-state index in [2.05, 4.69) is 4.90 Å². The topological polar surface area (TPSA) is 66.6 Å². The Balaban J connectivity index is 1.69. The quantitative estimate of drug-likeness (QED) is 0.836. The molecule has 1 heterocycles. The second-order valence-corrected chi connectivity index (χ2v) is 9.04. The molecule has 5 nitrogen and oxygen atoms in total. The van der Waals surface area contributed by atoms with Crippen molar-refractivity contribution in [2.45, 2.75) is 43.2 Å². The molecule has 3 rings (SSSR count). The monoisotopic (exact) mass is 405 g/mol. The largest absolute Gasteiger partial charge is 0.417 e. The summed E-state index contributed by atoms with van der Waals surface area (Å²) in [6.45, 7) is 3.91. The first-order chi connectivity index (χ1) is 12.6. The van der Waals surface area contributed by atoms with Gasteiger partial charge in [0.05, 0.1) is 10.5 Å². The van der Waals surface area contributed by atoms with Crippen molar-refractivity contribution in [2.24, 2.45) is 11.1 Å². The van der Waals surface area contributed by atoms with Crippen molar-refractivity contribution in [2.75, 3.05) is 37.6 Å². The third-order valence-corrected chi connectivity index (χ3v) is 6.52. The minimum atomic E-state index is -4.78. The molecule has 0 radical (unpaired) electrons. The van der Waals surface area contributed by atoms with Crippen LogP contribution in [-0.2, 0) is 16.2 Å². The van der Waals surface area contributed by atoms with E-state index >= 15 is 0 Å². The molecule has 0 amide bonds. The minimum absolute atomic E-state index is 0.382. The number of anilines is 1. The van der Waals surface area contributed by atoms with E-state index in [1.807, 2.05) is 4.90 Å². The zero-order valence-corrected chi connectivity index (χ0v) is 16.0. The fourth-order valence-electron chi connectivity index (χ4n) is 4.11. The van der Waals surface area contributed by atoms with Crippen LogP contribution in [0.5, 0.6) is 0 Å². The average molecular weight is 405 g/mol. The first kappa shape index (κ1) is 20.4. The van der Waals surface area contributed by atoms with Gasteiger partial charge >= 0.3 is 6.18 Å². The van der Waals surface area contributed by atoms with Crippen LogP contribution in [0.25, 0.3) is 0 Å². The summed E-state index contributed by atoms with van der Waals surface area (Å²) < 4.78 is 62.9. The maximum Gasteiger partial charge on any atom is 0.417 e. The van der Waals surface area contributed by atoms with E-state index in [1.165, 1.54) is 38.2 Å². The van der Waals surface area contributed by atoms with Crippen LogP contribution >= 0.6 is 0 Å². The molecule has 9 heteroatoms. The Kier molecular flexibility index (Phi) is 6.02. The Morgan fingerprint density at radius 1 is 1.04 bits per heavy atom. The number of sulfonamides is 1. The van der Waals surface area contributed by atoms with E-state index in [0.717, 1.165) is 37.7 Å². The van der Waals surface area contributed by atoms with E-state index in [9.17, 15) is 21.6 Å². The third kappa shape index (κ3) is 5.14. The van der Waals surface area contributed by atoms with Crippen molar-refractivity contribution in [1.82, 2.24) is 4.90 Å². The molecule has 0 unspecified atom stereocenters. The van der Waals surface area contributed by atoms with Crippen LogP contribution in [-0.4, -0.2) is 46.0 Å². The van der Waals surface area contributed by atoms with E-state index in [1.54, 1.807) is 0 Å². The van der Waals surface area contributed by atoms with Gasteiger partial charge in [-0.25, -0.2) is 13.6 Å². The molecule has 1 saturated heterocycles. The maximum absolute atomic E-state index is 13.3. The van der Waals surface area contributed by atoms with E-state index in [4.69, 9.17) is 5.14 Å². The second kappa shape index (κ2) is 7.97. The van der Waals surface area contributed by atoms with Gasteiger partial charge in [-0.1, -0.05) is 19.3 Å². The highest BCUT2D eigenvalue weighted by Crippen LogP contribution is 2.36. The zero-order chi connectivity index (χ0) is 19.7. The third-order valence-electron chi connectivity index (χ3n) is 5.55. The van der Waals surface area contributed by atoms with Crippen LogP contribution in [0.1, 0.15) is 37.7 Å². The smallest absolute Gasteiger partial charge is 0.369 e. The predicted molar refractivity (Wildman–Crippen MR) is 98.0 cm³/mol. The molecule has 27 heavy (non-hydrogen) atoms. The number of piperazine rings is 1. The first-order valence-electron chi connectivity index (χ1n) is 9.36. The van der Waals surface area contributed by atoms with Crippen LogP contribution in [0.15, 0.2) is 23.1 Å². The Morgan fingerprint density at radius 2 is 1.67 bits per heavy atom. The fraction of sp³-hybridized carbons (Fsp3) is 0.667. The predicted octanol–water partition coefficient (Wildman–Crippen LogP) is 3.06. The molecular weight excluding hydrogens is 379 g/mol. The van der Waals surface area contributed by atoms with Crippen LogP contribution in [0, 0.1) is 5.92 Å². The summed E-state index contributed by atoms with van der Waals surface area (Å²) in [4.78, 5) is 3.38. The van der Waals surface area contributed by atoms with E-state index in [0.29, 0.717) is 18.8 Å². The van der Waals surface area contributed by atoms with Crippen LogP contribution < -0.4 is 10.0 Å². The Morgan fingerprint density at radius 3 is 2.22 bits per heavy atom. The van der Waals surface area contributed by atoms with Gasteiger partial charge in [-0.3, -0.25) is 4.90 Å². The molecule has 0 aromatic heterocycles. The average Bonchev–Trinajstić information content (AvgIpc) is 2.61. The molecule has 0 bridgehead atoms. The standard InChI is InChI=1S/C18H26F3N3O2S/c19-18(20,21)16-12-15(6-7-17(16)27(22,25)26)24-10-8-23(9-11-24)13-14-4-2-1-3-5-14/h6-7,12,14H,1-5,8-11,13H2,(H2,22,25,26). The number of nitrogens with two attached hydrogens (primary N) is 1. The van der Waals surface area contributed by atoms with Crippen molar-refractivity contribution in [3.8, 4) is 0 Å². The molecule has 2 aliphatic rings. The maximum atomic E-state index is 13.3. The SMILES string of the molecule is NS(=O)(=O)c1ccc(N2CCN(CC3CCCCC3)CC2)cc1C(F)(F)F. The van der Waals surface area contributed by atoms with Gasteiger partial charge in [-0.05, 0) is 37.0 Å². The van der Waals surface area contributed by atoms with Gasteiger partial charge in [0.25, 0.3) is 0 Å². The van der Waals surface area contributed by atoms with Gasteiger partial charge in [-0.2, -0.15) is 13.2 Å². The Bertz CT molecular complexity index is 754. The highest BCUT2D eigenvalue weighted by Gasteiger charge is 2.37. The number of halogens is 3. The van der Waals surface area contributed by atoms with Gasteiger partial charge in [-0.15, -0.1) is 0 Å². The molecule has 1 aliphatic heterocycles. The number of hydrogen-bond donors (Lipinski definition) is 1. The normalized spacial score (nSPS) is 20.8. The highest BCUT2D eigenvalue weighted by atomic mass is 32.2. The van der Waals surface area contributed by atoms with E-state index in [-0.39, 0.29) is 0 Å². The summed E-state index contributed by atoms with van der Waals surface area (Å²) in [5.41, 5.74) is -0.820. The molecule has 2 fully saturated rings. The summed E-state index contributed by atoms with van der Waals surface area (Å²) in [7, 11) is -4.44. The number of rotatable bonds is 4. The van der Waals surface area contributed by atoms with E-state index < -0.39 is 26.7 Å². The molecule has 2 N–H and O–H groups in total. The van der Waals surface area contributed by atoms with Crippen molar-refractivity contribution >= 4 is 15.7 Å². The minimum Gasteiger partial charge on any atom is -0.369 e. The van der Waals surface area contributed by atoms with Crippen LogP contribution in [0.3, 0.4) is 0 Å². The van der Waals surface area contributed by atoms with Crippen molar-refractivity contribution in [1.29, 1.82) is 0 Å². The number of primary sulfonamides is 1. The molecule has 152 valence electrons. The lowest BCUT2D eigenvalue weighted by atomic mass is 9.89. The van der Waals surface area contributed by atoms with Gasteiger partial charge in [0.15, 0.2) is 0 Å². The van der Waals surface area contributed by atoms with Gasteiger partial charge in [0.1, 0.15) is 0 Å². The summed E-state index contributed by atoms with van der Waals surface area (Å²) in [5.74, 6) is 0.733. The second-order valence-electron chi connectivity index (χ2n) is 7.51. The van der Waals surface area contributed by atoms with Crippen molar-refractivity contribution in [3.05, 3.63) is 23.8 Å². The van der Waals surface area contributed by atoms with Gasteiger partial charge in [0, 0.05) is 38.4 Å². The molecular formula is C18H26F3N3O2S. The number of nitrogens with zero attached hydrogens (tertiary/aromatic N) is 2. The first-order valence-corrected chi connectivity index (χ1v) is 10.9. The van der Waals surface area contributed by atoms with Crippen LogP contribution in [0.4, 0.5) is 18.9 Å². The number of hydrogen-bond acceptors (Lipinski definition) is 4. The summed E-state index contributed by atoms with van der Waals surface area (Å²) >= 11 is 0. The summed E-state index contributed by atoms with van der Waals surface area (Å²) in [5, 5.41) is 4.94. The number of benzene rings is 1. The molecule has 1 aliphatic carbocycles. The Hall–Kier alpha value is -1.32. The zero-order valence-electron chi connectivity index (χ0n) is 15.2. The van der Waals surface area contributed by atoms with Gasteiger partial charge in [0.2, 0.25) is 10.0 Å². The summed E-state index contributed by atoms with van der Waals surface area (Å²) in [6.07, 6.45) is 1.66. The van der Waals surface area contributed by atoms with Crippen molar-refractivity contribution < 1.29 is 21.6 Å². The molecule has 1 aromatic carbocycles. The molecule has 1 aromatic rings.